The first-order valence-corrected chi connectivity index (χ1v) is 7.70. The highest BCUT2D eigenvalue weighted by Gasteiger charge is 2.31. The molecule has 8 heteroatoms. The molecule has 2 unspecified atom stereocenters. The fourth-order valence-electron chi connectivity index (χ4n) is 2.10. The maximum Gasteiger partial charge on any atom is 0.416 e. The van der Waals surface area contributed by atoms with Crippen LogP contribution in [0.4, 0.5) is 13.2 Å². The molecule has 2 rings (SSSR count). The number of aliphatic carboxylic acids is 1. The van der Waals surface area contributed by atoms with Crippen LogP contribution in [-0.2, 0) is 17.4 Å². The smallest absolute Gasteiger partial charge is 0.416 e. The SMILES string of the molecule is O=C(O)C(Cc1ccc(C(F)(F)F)cc1)C(O)c1ccc(Cl)s1. The molecule has 1 aromatic carbocycles. The number of aliphatic hydroxyl groups excluding tert-OH is 1. The summed E-state index contributed by atoms with van der Waals surface area (Å²) in [6, 6.07) is 7.28. The van der Waals surface area contributed by atoms with Crippen molar-refractivity contribution in [3.05, 3.63) is 56.7 Å². The highest BCUT2D eigenvalue weighted by Crippen LogP contribution is 2.34. The molecule has 0 spiro atoms. The van der Waals surface area contributed by atoms with Gasteiger partial charge >= 0.3 is 12.1 Å². The van der Waals surface area contributed by atoms with Crippen molar-refractivity contribution in [3.63, 3.8) is 0 Å². The lowest BCUT2D eigenvalue weighted by molar-refractivity contribution is -0.146. The van der Waals surface area contributed by atoms with Crippen LogP contribution in [0, 0.1) is 5.92 Å². The summed E-state index contributed by atoms with van der Waals surface area (Å²) in [5.41, 5.74) is -0.411. The van der Waals surface area contributed by atoms with Crippen LogP contribution in [-0.4, -0.2) is 16.2 Å². The lowest BCUT2D eigenvalue weighted by Crippen LogP contribution is -2.23. The molecule has 3 nitrogen and oxygen atoms in total. The molecule has 23 heavy (non-hydrogen) atoms. The third-order valence-corrected chi connectivity index (χ3v) is 4.62. The van der Waals surface area contributed by atoms with Gasteiger partial charge in [0, 0.05) is 4.88 Å². The molecule has 0 saturated heterocycles. The van der Waals surface area contributed by atoms with E-state index in [-0.39, 0.29) is 6.42 Å². The van der Waals surface area contributed by atoms with Crippen molar-refractivity contribution in [1.29, 1.82) is 0 Å². The van der Waals surface area contributed by atoms with E-state index in [0.717, 1.165) is 23.5 Å². The van der Waals surface area contributed by atoms with Crippen LogP contribution in [0.2, 0.25) is 4.34 Å². The fourth-order valence-corrected chi connectivity index (χ4v) is 3.22. The minimum Gasteiger partial charge on any atom is -0.481 e. The second kappa shape index (κ2) is 6.90. The number of aliphatic hydroxyl groups is 1. The predicted molar refractivity (Wildman–Crippen MR) is 80.6 cm³/mol. The summed E-state index contributed by atoms with van der Waals surface area (Å²) in [6.45, 7) is 0. The Morgan fingerprint density at radius 2 is 1.78 bits per heavy atom. The Balaban J connectivity index is 2.18. The van der Waals surface area contributed by atoms with Crippen LogP contribution in [0.3, 0.4) is 0 Å². The zero-order valence-electron chi connectivity index (χ0n) is 11.5. The summed E-state index contributed by atoms with van der Waals surface area (Å²) in [4.78, 5) is 11.8. The maximum absolute atomic E-state index is 12.5. The average Bonchev–Trinajstić information content (AvgIpc) is 2.90. The van der Waals surface area contributed by atoms with E-state index >= 15 is 0 Å². The van der Waals surface area contributed by atoms with E-state index in [9.17, 15) is 28.2 Å². The summed E-state index contributed by atoms with van der Waals surface area (Å²) in [5, 5.41) is 19.5. The minimum atomic E-state index is -4.45. The van der Waals surface area contributed by atoms with Crippen LogP contribution < -0.4 is 0 Å². The van der Waals surface area contributed by atoms with Gasteiger partial charge in [-0.2, -0.15) is 13.2 Å². The van der Waals surface area contributed by atoms with Crippen molar-refractivity contribution >= 4 is 28.9 Å². The second-order valence-corrected chi connectivity index (χ2v) is 6.68. The Labute approximate surface area is 139 Å². The fraction of sp³-hybridized carbons (Fsp3) is 0.267. The molecule has 2 atom stereocenters. The van der Waals surface area contributed by atoms with Gasteiger partial charge in [0.1, 0.15) is 6.10 Å². The predicted octanol–water partition coefficient (Wildman–Crippen LogP) is 4.40. The Morgan fingerprint density at radius 3 is 2.22 bits per heavy atom. The van der Waals surface area contributed by atoms with Crippen LogP contribution in [0.1, 0.15) is 22.1 Å². The topological polar surface area (TPSA) is 57.5 Å². The van der Waals surface area contributed by atoms with Gasteiger partial charge in [-0.05, 0) is 36.2 Å². The minimum absolute atomic E-state index is 0.0931. The van der Waals surface area contributed by atoms with Crippen LogP contribution >= 0.6 is 22.9 Å². The number of hydrogen-bond donors (Lipinski definition) is 2. The van der Waals surface area contributed by atoms with E-state index in [1.165, 1.54) is 18.2 Å². The first kappa shape index (κ1) is 17.8. The van der Waals surface area contributed by atoms with Gasteiger partial charge in [-0.3, -0.25) is 4.79 Å². The number of halogens is 4. The van der Waals surface area contributed by atoms with E-state index < -0.39 is 29.7 Å². The molecule has 0 bridgehead atoms. The van der Waals surface area contributed by atoms with E-state index in [1.807, 2.05) is 0 Å². The molecule has 1 aromatic heterocycles. The number of rotatable bonds is 5. The monoisotopic (exact) mass is 364 g/mol. The molecular weight excluding hydrogens is 353 g/mol. The van der Waals surface area contributed by atoms with Gasteiger partial charge in [0.2, 0.25) is 0 Å². The van der Waals surface area contributed by atoms with Crippen molar-refractivity contribution in [1.82, 2.24) is 0 Å². The van der Waals surface area contributed by atoms with E-state index in [1.54, 1.807) is 6.07 Å². The van der Waals surface area contributed by atoms with Gasteiger partial charge < -0.3 is 10.2 Å². The van der Waals surface area contributed by atoms with Crippen molar-refractivity contribution in [2.45, 2.75) is 18.7 Å². The number of thiophene rings is 1. The summed E-state index contributed by atoms with van der Waals surface area (Å²) in [6.07, 6.45) is -5.82. The van der Waals surface area contributed by atoms with Crippen molar-refractivity contribution in [3.8, 4) is 0 Å². The largest absolute Gasteiger partial charge is 0.481 e. The van der Waals surface area contributed by atoms with Crippen LogP contribution in [0.15, 0.2) is 36.4 Å². The summed E-state index contributed by atoms with van der Waals surface area (Å²) < 4.78 is 38.0. The van der Waals surface area contributed by atoms with Gasteiger partial charge in [-0.15, -0.1) is 11.3 Å². The lowest BCUT2D eigenvalue weighted by atomic mass is 9.92. The quantitative estimate of drug-likeness (QED) is 0.826. The number of carbonyl (C=O) groups is 1. The summed E-state index contributed by atoms with van der Waals surface area (Å²) in [7, 11) is 0. The van der Waals surface area contributed by atoms with Gasteiger partial charge in [-0.25, -0.2) is 0 Å². The number of alkyl halides is 3. The second-order valence-electron chi connectivity index (χ2n) is 4.93. The van der Waals surface area contributed by atoms with E-state index in [0.29, 0.717) is 14.8 Å². The highest BCUT2D eigenvalue weighted by molar-refractivity contribution is 7.16. The Morgan fingerprint density at radius 1 is 1.17 bits per heavy atom. The molecule has 0 aliphatic rings. The maximum atomic E-state index is 12.5. The molecule has 2 aromatic rings. The molecule has 0 aliphatic heterocycles. The van der Waals surface area contributed by atoms with Crippen LogP contribution in [0.25, 0.3) is 0 Å². The normalized spacial score (nSPS) is 14.5. The van der Waals surface area contributed by atoms with Gasteiger partial charge in [0.05, 0.1) is 15.8 Å². The number of benzene rings is 1. The zero-order valence-corrected chi connectivity index (χ0v) is 13.1. The molecule has 2 N–H and O–H groups in total. The standard InChI is InChI=1S/C15H12ClF3O3S/c16-12-6-5-11(23-12)13(20)10(14(21)22)7-8-1-3-9(4-2-8)15(17,18)19/h1-6,10,13,20H,7H2,(H,21,22). The molecule has 0 aliphatic carbocycles. The zero-order chi connectivity index (χ0) is 17.2. The Bertz CT molecular complexity index is 682. The number of carboxylic acids is 1. The molecule has 124 valence electrons. The Kier molecular flexibility index (Phi) is 5.33. The third kappa shape index (κ3) is 4.46. The highest BCUT2D eigenvalue weighted by atomic mass is 35.5. The van der Waals surface area contributed by atoms with Gasteiger partial charge in [0.25, 0.3) is 0 Å². The van der Waals surface area contributed by atoms with Crippen LogP contribution in [0.5, 0.6) is 0 Å². The van der Waals surface area contributed by atoms with Gasteiger partial charge in [-0.1, -0.05) is 23.7 Å². The average molecular weight is 365 g/mol. The lowest BCUT2D eigenvalue weighted by Gasteiger charge is -2.18. The van der Waals surface area contributed by atoms with E-state index in [2.05, 4.69) is 0 Å². The first-order valence-electron chi connectivity index (χ1n) is 6.50. The van der Waals surface area contributed by atoms with Crippen molar-refractivity contribution in [2.24, 2.45) is 5.92 Å². The van der Waals surface area contributed by atoms with Gasteiger partial charge in [0.15, 0.2) is 0 Å². The molecule has 0 amide bonds. The van der Waals surface area contributed by atoms with Crippen molar-refractivity contribution < 1.29 is 28.2 Å². The van der Waals surface area contributed by atoms with Crippen molar-refractivity contribution in [2.75, 3.05) is 0 Å². The molecular formula is C15H12ClF3O3S. The first-order chi connectivity index (χ1) is 10.7. The summed E-state index contributed by atoms with van der Waals surface area (Å²) in [5.74, 6) is -2.41. The number of carboxylic acid groups (broad SMARTS) is 1. The molecule has 0 radical (unpaired) electrons. The third-order valence-electron chi connectivity index (χ3n) is 3.32. The molecule has 1 heterocycles. The molecule has 0 fully saturated rings. The summed E-state index contributed by atoms with van der Waals surface area (Å²) >= 11 is 6.82. The molecule has 0 saturated carbocycles. The Hall–Kier alpha value is -1.57. The van der Waals surface area contributed by atoms with E-state index in [4.69, 9.17) is 11.6 Å². The number of hydrogen-bond acceptors (Lipinski definition) is 3.